The molecule has 0 spiro atoms. The molecule has 1 aliphatic heterocycles. The third-order valence-electron chi connectivity index (χ3n) is 2.99. The summed E-state index contributed by atoms with van der Waals surface area (Å²) < 4.78 is 7.26. The number of aromatic nitrogens is 1. The van der Waals surface area contributed by atoms with Crippen LogP contribution in [0.4, 0.5) is 0 Å². The number of fused-ring (bicyclic) bond motifs is 2. The second kappa shape index (κ2) is 4.37. The van der Waals surface area contributed by atoms with Crippen molar-refractivity contribution in [1.29, 1.82) is 0 Å². The average Bonchev–Trinajstić information content (AvgIpc) is 2.34. The zero-order valence-electron chi connectivity index (χ0n) is 8.85. The first-order valence-electron chi connectivity index (χ1n) is 5.28. The molecular formula is C12H9BrINO2. The summed E-state index contributed by atoms with van der Waals surface area (Å²) in [6.45, 7) is 1.09. The smallest absolute Gasteiger partial charge is 0.196 e. The fourth-order valence-corrected chi connectivity index (χ4v) is 3.22. The summed E-state index contributed by atoms with van der Waals surface area (Å²) in [4.78, 5) is 15.8. The van der Waals surface area contributed by atoms with Gasteiger partial charge in [-0.05, 0) is 50.7 Å². The lowest BCUT2D eigenvalue weighted by atomic mass is 10.1. The Kier molecular flexibility index (Phi) is 3.00. The first-order chi connectivity index (χ1) is 8.18. The molecule has 0 atom stereocenters. The Labute approximate surface area is 120 Å². The molecule has 0 amide bonds. The van der Waals surface area contributed by atoms with Gasteiger partial charge in [-0.2, -0.15) is 0 Å². The molecule has 3 rings (SSSR count). The molecule has 3 nitrogen and oxygen atoms in total. The Morgan fingerprint density at radius 2 is 2.24 bits per heavy atom. The molecule has 0 unspecified atom stereocenters. The van der Waals surface area contributed by atoms with E-state index in [1.54, 1.807) is 0 Å². The Balaban J connectivity index is 2.48. The number of hydrogen-bond donors (Lipinski definition) is 1. The number of H-pyrrole nitrogens is 1. The Hall–Kier alpha value is -0.400. The van der Waals surface area contributed by atoms with Gasteiger partial charge in [0.25, 0.3) is 0 Å². The topological polar surface area (TPSA) is 42.1 Å². The van der Waals surface area contributed by atoms with E-state index in [9.17, 15) is 4.79 Å². The number of benzene rings is 1. The normalized spacial score (nSPS) is 14.9. The van der Waals surface area contributed by atoms with Crippen molar-refractivity contribution in [3.63, 3.8) is 0 Å². The van der Waals surface area contributed by atoms with E-state index in [4.69, 9.17) is 4.74 Å². The fraction of sp³-hybridized carbons (Fsp3) is 0.250. The van der Waals surface area contributed by atoms with Crippen molar-refractivity contribution in [2.24, 2.45) is 0 Å². The predicted octanol–water partition coefficient (Wildman–Crippen LogP) is 2.97. The molecule has 0 fully saturated rings. The molecule has 0 bridgehead atoms. The molecule has 1 aliphatic rings. The summed E-state index contributed by atoms with van der Waals surface area (Å²) in [5.74, 6) is 0. The Morgan fingerprint density at radius 1 is 1.41 bits per heavy atom. The monoisotopic (exact) mass is 405 g/mol. The van der Waals surface area contributed by atoms with Gasteiger partial charge in [0.2, 0.25) is 0 Å². The van der Waals surface area contributed by atoms with Gasteiger partial charge in [-0.3, -0.25) is 4.79 Å². The van der Waals surface area contributed by atoms with Crippen molar-refractivity contribution in [1.82, 2.24) is 4.98 Å². The van der Waals surface area contributed by atoms with Crippen LogP contribution in [0.1, 0.15) is 11.3 Å². The van der Waals surface area contributed by atoms with Crippen molar-refractivity contribution in [2.75, 3.05) is 6.61 Å². The lowest BCUT2D eigenvalue weighted by Crippen LogP contribution is -2.22. The highest BCUT2D eigenvalue weighted by molar-refractivity contribution is 14.1. The van der Waals surface area contributed by atoms with E-state index in [1.165, 1.54) is 0 Å². The van der Waals surface area contributed by atoms with Crippen LogP contribution in [0.3, 0.4) is 0 Å². The molecule has 0 saturated carbocycles. The molecule has 1 aromatic heterocycles. The summed E-state index contributed by atoms with van der Waals surface area (Å²) in [6.07, 6.45) is 0.781. The minimum absolute atomic E-state index is 0.0823. The van der Waals surface area contributed by atoms with E-state index in [2.05, 4.69) is 43.5 Å². The molecule has 2 aromatic rings. The van der Waals surface area contributed by atoms with Crippen LogP contribution in [0, 0.1) is 3.57 Å². The lowest BCUT2D eigenvalue weighted by Gasteiger charge is -2.17. The summed E-state index contributed by atoms with van der Waals surface area (Å²) in [7, 11) is 0. The van der Waals surface area contributed by atoms with E-state index >= 15 is 0 Å². The molecule has 0 radical (unpaired) electrons. The van der Waals surface area contributed by atoms with Crippen LogP contribution in [0.15, 0.2) is 21.4 Å². The molecule has 1 N–H and O–H groups in total. The lowest BCUT2D eigenvalue weighted by molar-refractivity contribution is 0.108. The van der Waals surface area contributed by atoms with Gasteiger partial charge in [-0.15, -0.1) is 0 Å². The Bertz CT molecular complexity index is 666. The summed E-state index contributed by atoms with van der Waals surface area (Å²) in [6, 6.07) is 3.91. The molecule has 88 valence electrons. The van der Waals surface area contributed by atoms with Crippen molar-refractivity contribution in [2.45, 2.75) is 13.0 Å². The van der Waals surface area contributed by atoms with Gasteiger partial charge in [0.1, 0.15) is 0 Å². The average molecular weight is 406 g/mol. The molecule has 5 heteroatoms. The van der Waals surface area contributed by atoms with Crippen molar-refractivity contribution in [3.8, 4) is 0 Å². The standard InChI is InChI=1S/C12H9BrINO2/c13-7-1-2-8(14)11-10(7)12(16)6-5-17-4-3-9(6)15-11/h1-2H,3-5H2,(H,15,16). The van der Waals surface area contributed by atoms with Gasteiger partial charge in [0.05, 0.1) is 24.1 Å². The highest BCUT2D eigenvalue weighted by Gasteiger charge is 2.18. The van der Waals surface area contributed by atoms with E-state index in [0.717, 1.165) is 36.6 Å². The number of ether oxygens (including phenoxy) is 1. The third kappa shape index (κ3) is 1.84. The summed E-state index contributed by atoms with van der Waals surface area (Å²) >= 11 is 5.69. The molecule has 17 heavy (non-hydrogen) atoms. The van der Waals surface area contributed by atoms with E-state index in [0.29, 0.717) is 13.2 Å². The SMILES string of the molecule is O=c1c2c([nH]c3c(I)ccc(Br)c13)CCOC2. The minimum atomic E-state index is 0.0823. The zero-order chi connectivity index (χ0) is 12.0. The zero-order valence-corrected chi connectivity index (χ0v) is 12.6. The van der Waals surface area contributed by atoms with E-state index in [-0.39, 0.29) is 5.43 Å². The number of hydrogen-bond acceptors (Lipinski definition) is 2. The van der Waals surface area contributed by atoms with Crippen molar-refractivity contribution in [3.05, 3.63) is 41.7 Å². The number of rotatable bonds is 0. The Morgan fingerprint density at radius 3 is 3.06 bits per heavy atom. The van der Waals surface area contributed by atoms with E-state index < -0.39 is 0 Å². The second-order valence-corrected chi connectivity index (χ2v) is 6.01. The number of nitrogens with one attached hydrogen (secondary N) is 1. The summed E-state index contributed by atoms with van der Waals surface area (Å²) in [5, 5.41) is 0.723. The minimum Gasteiger partial charge on any atom is -0.376 e. The highest BCUT2D eigenvalue weighted by atomic mass is 127. The van der Waals surface area contributed by atoms with Crippen LogP contribution in [-0.2, 0) is 17.8 Å². The van der Waals surface area contributed by atoms with Gasteiger partial charge < -0.3 is 9.72 Å². The van der Waals surface area contributed by atoms with Crippen molar-refractivity contribution < 1.29 is 4.74 Å². The maximum atomic E-state index is 12.4. The van der Waals surface area contributed by atoms with Crippen LogP contribution in [0.25, 0.3) is 10.9 Å². The van der Waals surface area contributed by atoms with Crippen LogP contribution < -0.4 is 5.43 Å². The van der Waals surface area contributed by atoms with Crippen LogP contribution in [0.2, 0.25) is 0 Å². The number of halogens is 2. The maximum Gasteiger partial charge on any atom is 0.196 e. The third-order valence-corrected chi connectivity index (χ3v) is 4.55. The molecular weight excluding hydrogens is 397 g/mol. The van der Waals surface area contributed by atoms with E-state index in [1.807, 2.05) is 12.1 Å². The van der Waals surface area contributed by atoms with Crippen LogP contribution in [-0.4, -0.2) is 11.6 Å². The van der Waals surface area contributed by atoms with Gasteiger partial charge in [0, 0.05) is 25.7 Å². The fourth-order valence-electron chi connectivity index (χ4n) is 2.12. The van der Waals surface area contributed by atoms with Crippen LogP contribution >= 0.6 is 38.5 Å². The van der Waals surface area contributed by atoms with Gasteiger partial charge >= 0.3 is 0 Å². The van der Waals surface area contributed by atoms with Gasteiger partial charge in [-0.25, -0.2) is 0 Å². The number of pyridine rings is 1. The quantitative estimate of drug-likeness (QED) is 0.684. The molecule has 2 heterocycles. The molecule has 0 saturated heterocycles. The number of aromatic amines is 1. The largest absolute Gasteiger partial charge is 0.376 e. The molecule has 0 aliphatic carbocycles. The highest BCUT2D eigenvalue weighted by Crippen LogP contribution is 2.26. The van der Waals surface area contributed by atoms with Gasteiger partial charge in [-0.1, -0.05) is 0 Å². The predicted molar refractivity (Wildman–Crippen MR) is 78.3 cm³/mol. The van der Waals surface area contributed by atoms with Crippen molar-refractivity contribution >= 4 is 49.4 Å². The summed E-state index contributed by atoms with van der Waals surface area (Å²) in [5.41, 5.74) is 2.79. The first-order valence-corrected chi connectivity index (χ1v) is 7.15. The van der Waals surface area contributed by atoms with Gasteiger partial charge in [0.15, 0.2) is 5.43 Å². The second-order valence-electron chi connectivity index (χ2n) is 3.99. The van der Waals surface area contributed by atoms with Crippen LogP contribution in [0.5, 0.6) is 0 Å². The maximum absolute atomic E-state index is 12.4. The first kappa shape index (κ1) is 11.7. The molecule has 1 aromatic carbocycles.